The Balaban J connectivity index is 2.44. The smallest absolute Gasteiger partial charge is 0.294 e. The molecule has 0 bridgehead atoms. The van der Waals surface area contributed by atoms with Gasteiger partial charge in [0.2, 0.25) is 0 Å². The van der Waals surface area contributed by atoms with E-state index in [0.29, 0.717) is 22.5 Å². The number of hydrogen-bond donors (Lipinski definition) is 2. The minimum Gasteiger partial charge on any atom is -0.506 e. The van der Waals surface area contributed by atoms with Crippen LogP contribution in [-0.2, 0) is 10.1 Å². The van der Waals surface area contributed by atoms with E-state index in [0.717, 1.165) is 0 Å². The lowest BCUT2D eigenvalue weighted by Gasteiger charge is -2.06. The molecule has 0 saturated heterocycles. The van der Waals surface area contributed by atoms with E-state index in [1.54, 1.807) is 19.9 Å². The van der Waals surface area contributed by atoms with Crippen LogP contribution in [0.4, 0.5) is 11.4 Å². The zero-order chi connectivity index (χ0) is 16.5. The first-order valence-corrected chi connectivity index (χ1v) is 7.99. The van der Waals surface area contributed by atoms with E-state index < -0.39 is 10.1 Å². The standard InChI is InChI=1S/C14H13ClN2O4S/c1-8-5-9(2)14(22(19,20)21)7-12(8)17-16-10-3-4-13(18)11(15)6-10/h3-7,18H,1-2H3,(H,19,20,21). The molecular formula is C14H13ClN2O4S. The van der Waals surface area contributed by atoms with Crippen LogP contribution in [0.1, 0.15) is 11.1 Å². The van der Waals surface area contributed by atoms with E-state index >= 15 is 0 Å². The fraction of sp³-hybridized carbons (Fsp3) is 0.143. The Morgan fingerprint density at radius 2 is 1.73 bits per heavy atom. The van der Waals surface area contributed by atoms with Gasteiger partial charge in [-0.2, -0.15) is 18.6 Å². The summed E-state index contributed by atoms with van der Waals surface area (Å²) in [6.45, 7) is 3.33. The molecule has 8 heteroatoms. The molecule has 0 fully saturated rings. The summed E-state index contributed by atoms with van der Waals surface area (Å²) >= 11 is 5.77. The van der Waals surface area contributed by atoms with Crippen LogP contribution < -0.4 is 0 Å². The van der Waals surface area contributed by atoms with Gasteiger partial charge in [0, 0.05) is 0 Å². The Morgan fingerprint density at radius 1 is 1.05 bits per heavy atom. The summed E-state index contributed by atoms with van der Waals surface area (Å²) in [6, 6.07) is 7.17. The molecule has 2 N–H and O–H groups in total. The van der Waals surface area contributed by atoms with Gasteiger partial charge in [-0.05, 0) is 49.2 Å². The van der Waals surface area contributed by atoms with Crippen molar-refractivity contribution in [2.45, 2.75) is 18.7 Å². The van der Waals surface area contributed by atoms with E-state index in [-0.39, 0.29) is 15.7 Å². The van der Waals surface area contributed by atoms with Gasteiger partial charge < -0.3 is 5.11 Å². The molecule has 0 heterocycles. The summed E-state index contributed by atoms with van der Waals surface area (Å²) in [5, 5.41) is 17.4. The highest BCUT2D eigenvalue weighted by Gasteiger charge is 2.15. The molecule has 0 aromatic heterocycles. The first-order chi connectivity index (χ1) is 10.2. The molecule has 0 atom stereocenters. The molecule has 2 rings (SSSR count). The Labute approximate surface area is 132 Å². The van der Waals surface area contributed by atoms with Gasteiger partial charge >= 0.3 is 0 Å². The van der Waals surface area contributed by atoms with Crippen LogP contribution >= 0.6 is 11.6 Å². The van der Waals surface area contributed by atoms with Crippen molar-refractivity contribution in [1.82, 2.24) is 0 Å². The van der Waals surface area contributed by atoms with E-state index in [1.165, 1.54) is 24.3 Å². The highest BCUT2D eigenvalue weighted by molar-refractivity contribution is 7.85. The molecule has 2 aromatic carbocycles. The lowest BCUT2D eigenvalue weighted by molar-refractivity contribution is 0.475. The quantitative estimate of drug-likeness (QED) is 0.641. The van der Waals surface area contributed by atoms with Gasteiger partial charge in [0.25, 0.3) is 10.1 Å². The number of halogens is 1. The number of hydrogen-bond acceptors (Lipinski definition) is 5. The average Bonchev–Trinajstić information content (AvgIpc) is 2.40. The van der Waals surface area contributed by atoms with Gasteiger partial charge in [0.1, 0.15) is 5.75 Å². The molecule has 116 valence electrons. The number of benzene rings is 2. The van der Waals surface area contributed by atoms with Crippen LogP contribution in [0, 0.1) is 13.8 Å². The fourth-order valence-corrected chi connectivity index (χ4v) is 2.78. The van der Waals surface area contributed by atoms with Crippen molar-refractivity contribution in [3.63, 3.8) is 0 Å². The number of aryl methyl sites for hydroxylation is 2. The van der Waals surface area contributed by atoms with Crippen LogP contribution in [0.2, 0.25) is 5.02 Å². The van der Waals surface area contributed by atoms with Gasteiger partial charge in [0.05, 0.1) is 21.3 Å². The zero-order valence-electron chi connectivity index (χ0n) is 11.8. The molecule has 2 aromatic rings. The summed E-state index contributed by atoms with van der Waals surface area (Å²) < 4.78 is 31.8. The van der Waals surface area contributed by atoms with Crippen LogP contribution in [0.3, 0.4) is 0 Å². The van der Waals surface area contributed by atoms with Crippen molar-refractivity contribution in [1.29, 1.82) is 0 Å². The summed E-state index contributed by atoms with van der Waals surface area (Å²) in [5.41, 5.74) is 1.84. The lowest BCUT2D eigenvalue weighted by Crippen LogP contribution is -2.01. The zero-order valence-corrected chi connectivity index (χ0v) is 13.4. The molecule has 22 heavy (non-hydrogen) atoms. The van der Waals surface area contributed by atoms with Gasteiger partial charge in [-0.25, -0.2) is 0 Å². The Kier molecular flexibility index (Phi) is 4.50. The Hall–Kier alpha value is -1.96. The first kappa shape index (κ1) is 16.4. The molecule has 0 aliphatic carbocycles. The van der Waals surface area contributed by atoms with Gasteiger partial charge in [-0.3, -0.25) is 4.55 Å². The third-order valence-corrected chi connectivity index (χ3v) is 4.27. The molecule has 6 nitrogen and oxygen atoms in total. The second-order valence-electron chi connectivity index (χ2n) is 4.71. The molecule has 0 amide bonds. The second-order valence-corrected chi connectivity index (χ2v) is 6.51. The van der Waals surface area contributed by atoms with Gasteiger partial charge in [-0.1, -0.05) is 17.7 Å². The summed E-state index contributed by atoms with van der Waals surface area (Å²) in [7, 11) is -4.32. The maximum atomic E-state index is 11.3. The Morgan fingerprint density at radius 3 is 2.32 bits per heavy atom. The van der Waals surface area contributed by atoms with Crippen molar-refractivity contribution in [3.05, 3.63) is 46.5 Å². The van der Waals surface area contributed by atoms with Crippen LogP contribution in [-0.4, -0.2) is 18.1 Å². The molecule has 0 aliphatic rings. The van der Waals surface area contributed by atoms with E-state index in [2.05, 4.69) is 10.2 Å². The lowest BCUT2D eigenvalue weighted by atomic mass is 10.1. The average molecular weight is 341 g/mol. The maximum absolute atomic E-state index is 11.3. The van der Waals surface area contributed by atoms with E-state index in [9.17, 15) is 18.1 Å². The monoisotopic (exact) mass is 340 g/mol. The van der Waals surface area contributed by atoms with Crippen molar-refractivity contribution >= 4 is 33.1 Å². The predicted molar refractivity (Wildman–Crippen MR) is 83.0 cm³/mol. The number of azo groups is 1. The molecule has 0 spiro atoms. The maximum Gasteiger partial charge on any atom is 0.294 e. The van der Waals surface area contributed by atoms with Crippen molar-refractivity contribution in [2.75, 3.05) is 0 Å². The van der Waals surface area contributed by atoms with Crippen molar-refractivity contribution in [2.24, 2.45) is 10.2 Å². The highest BCUT2D eigenvalue weighted by atomic mass is 35.5. The van der Waals surface area contributed by atoms with Gasteiger partial charge in [0.15, 0.2) is 0 Å². The van der Waals surface area contributed by atoms with Crippen molar-refractivity contribution in [3.8, 4) is 5.75 Å². The largest absolute Gasteiger partial charge is 0.506 e. The molecule has 0 unspecified atom stereocenters. The number of rotatable bonds is 3. The topological polar surface area (TPSA) is 99.3 Å². The van der Waals surface area contributed by atoms with E-state index in [4.69, 9.17) is 11.6 Å². The molecule has 0 saturated carbocycles. The number of phenolic OH excluding ortho intramolecular Hbond substituents is 1. The number of nitrogens with zero attached hydrogens (tertiary/aromatic N) is 2. The van der Waals surface area contributed by atoms with Crippen LogP contribution in [0.5, 0.6) is 5.75 Å². The molecular weight excluding hydrogens is 328 g/mol. The second kappa shape index (κ2) is 6.04. The van der Waals surface area contributed by atoms with Crippen LogP contribution in [0.25, 0.3) is 0 Å². The summed E-state index contributed by atoms with van der Waals surface area (Å²) in [4.78, 5) is -0.212. The van der Waals surface area contributed by atoms with Gasteiger partial charge in [-0.15, -0.1) is 0 Å². The minimum atomic E-state index is -4.32. The minimum absolute atomic E-state index is 0.0687. The Bertz CT molecular complexity index is 863. The van der Waals surface area contributed by atoms with Crippen LogP contribution in [0.15, 0.2) is 45.5 Å². The third kappa shape index (κ3) is 3.62. The van der Waals surface area contributed by atoms with E-state index in [1.807, 2.05) is 0 Å². The predicted octanol–water partition coefficient (Wildman–Crippen LogP) is 4.32. The summed E-state index contributed by atoms with van der Waals surface area (Å²) in [6.07, 6.45) is 0. The van der Waals surface area contributed by atoms with Crippen molar-refractivity contribution < 1.29 is 18.1 Å². The molecule has 0 aliphatic heterocycles. The normalized spacial score (nSPS) is 12.0. The fourth-order valence-electron chi connectivity index (χ4n) is 1.88. The number of phenols is 1. The SMILES string of the molecule is Cc1cc(C)c(S(=O)(=O)O)cc1N=Nc1ccc(O)c(Cl)c1. The third-order valence-electron chi connectivity index (χ3n) is 2.98. The molecule has 0 radical (unpaired) electrons. The highest BCUT2D eigenvalue weighted by Crippen LogP contribution is 2.31. The number of aromatic hydroxyl groups is 1. The summed E-state index contributed by atoms with van der Waals surface area (Å²) in [5.74, 6) is -0.0687. The first-order valence-electron chi connectivity index (χ1n) is 6.17.